The summed E-state index contributed by atoms with van der Waals surface area (Å²) in [6.07, 6.45) is 0. The first-order valence-electron chi connectivity index (χ1n) is 6.82. The SMILES string of the molecule is COC(=O)c1ccc(OC)cc1OCC(=O)NCc1cccs1. The van der Waals surface area contributed by atoms with Crippen LogP contribution in [0.3, 0.4) is 0 Å². The third-order valence-corrected chi connectivity index (χ3v) is 3.87. The molecule has 2 aromatic rings. The number of carbonyl (C=O) groups excluding carboxylic acids is 2. The van der Waals surface area contributed by atoms with Crippen molar-refractivity contribution in [3.8, 4) is 11.5 Å². The van der Waals surface area contributed by atoms with Crippen molar-refractivity contribution >= 4 is 23.2 Å². The van der Waals surface area contributed by atoms with Crippen molar-refractivity contribution in [2.45, 2.75) is 6.54 Å². The van der Waals surface area contributed by atoms with Crippen LogP contribution in [0.5, 0.6) is 11.5 Å². The highest BCUT2D eigenvalue weighted by Gasteiger charge is 2.15. The normalized spacial score (nSPS) is 10.0. The van der Waals surface area contributed by atoms with Gasteiger partial charge in [-0.1, -0.05) is 6.07 Å². The summed E-state index contributed by atoms with van der Waals surface area (Å²) in [6.45, 7) is 0.240. The molecule has 0 bridgehead atoms. The summed E-state index contributed by atoms with van der Waals surface area (Å²) in [5, 5.41) is 4.69. The quantitative estimate of drug-likeness (QED) is 0.786. The lowest BCUT2D eigenvalue weighted by molar-refractivity contribution is -0.123. The van der Waals surface area contributed by atoms with Crippen molar-refractivity contribution in [2.24, 2.45) is 0 Å². The molecule has 0 fully saturated rings. The largest absolute Gasteiger partial charge is 0.497 e. The standard InChI is InChI=1S/C16H17NO5S/c1-20-11-5-6-13(16(19)21-2)14(8-11)22-10-15(18)17-9-12-4-3-7-23-12/h3-8H,9-10H2,1-2H3,(H,17,18). The number of amides is 1. The van der Waals surface area contributed by atoms with Crippen molar-refractivity contribution < 1.29 is 23.8 Å². The summed E-state index contributed by atoms with van der Waals surface area (Å²) < 4.78 is 15.2. The molecule has 0 radical (unpaired) electrons. The fraction of sp³-hybridized carbons (Fsp3) is 0.250. The first kappa shape index (κ1) is 16.8. The summed E-state index contributed by atoms with van der Waals surface area (Å²) in [6, 6.07) is 8.54. The van der Waals surface area contributed by atoms with Gasteiger partial charge in [-0.3, -0.25) is 4.79 Å². The van der Waals surface area contributed by atoms with Crippen LogP contribution >= 0.6 is 11.3 Å². The minimum Gasteiger partial charge on any atom is -0.497 e. The van der Waals surface area contributed by atoms with Gasteiger partial charge in [0.05, 0.1) is 20.8 Å². The van der Waals surface area contributed by atoms with E-state index in [1.54, 1.807) is 23.5 Å². The number of rotatable bonds is 7. The minimum atomic E-state index is -0.540. The van der Waals surface area contributed by atoms with Gasteiger partial charge in [0.15, 0.2) is 6.61 Å². The first-order chi connectivity index (χ1) is 11.1. The smallest absolute Gasteiger partial charge is 0.341 e. The van der Waals surface area contributed by atoms with E-state index in [0.717, 1.165) is 4.88 Å². The zero-order valence-corrected chi connectivity index (χ0v) is 13.6. The Morgan fingerprint density at radius 1 is 1.22 bits per heavy atom. The molecule has 6 nitrogen and oxygen atoms in total. The Bertz CT molecular complexity index is 669. The van der Waals surface area contributed by atoms with E-state index in [1.165, 1.54) is 20.3 Å². The van der Waals surface area contributed by atoms with E-state index in [4.69, 9.17) is 14.2 Å². The molecular weight excluding hydrogens is 318 g/mol. The van der Waals surface area contributed by atoms with Crippen LogP contribution in [0.4, 0.5) is 0 Å². The first-order valence-corrected chi connectivity index (χ1v) is 7.70. The number of ether oxygens (including phenoxy) is 3. The fourth-order valence-corrected chi connectivity index (χ4v) is 2.47. The highest BCUT2D eigenvalue weighted by Crippen LogP contribution is 2.25. The molecule has 1 amide bonds. The predicted molar refractivity (Wildman–Crippen MR) is 86.0 cm³/mol. The predicted octanol–water partition coefficient (Wildman–Crippen LogP) is 2.24. The topological polar surface area (TPSA) is 73.9 Å². The molecule has 7 heteroatoms. The highest BCUT2D eigenvalue weighted by atomic mass is 32.1. The molecule has 1 N–H and O–H groups in total. The second kappa shape index (κ2) is 8.19. The summed E-state index contributed by atoms with van der Waals surface area (Å²) in [5.41, 5.74) is 0.236. The average Bonchev–Trinajstić information content (AvgIpc) is 3.10. The van der Waals surface area contributed by atoms with Crippen LogP contribution < -0.4 is 14.8 Å². The van der Waals surface area contributed by atoms with Gasteiger partial charge in [0.25, 0.3) is 5.91 Å². The van der Waals surface area contributed by atoms with E-state index >= 15 is 0 Å². The molecule has 1 aromatic carbocycles. The number of hydrogen-bond acceptors (Lipinski definition) is 6. The molecule has 0 spiro atoms. The van der Waals surface area contributed by atoms with Crippen LogP contribution in [-0.2, 0) is 16.1 Å². The lowest BCUT2D eigenvalue weighted by Gasteiger charge is -2.11. The molecule has 122 valence electrons. The molecule has 0 aliphatic heterocycles. The molecule has 2 rings (SSSR count). The van der Waals surface area contributed by atoms with Gasteiger partial charge in [0.2, 0.25) is 0 Å². The molecule has 0 saturated carbocycles. The van der Waals surface area contributed by atoms with Gasteiger partial charge in [0.1, 0.15) is 17.1 Å². The Hall–Kier alpha value is -2.54. The molecule has 0 aliphatic rings. The summed E-state index contributed by atoms with van der Waals surface area (Å²) >= 11 is 1.56. The maximum Gasteiger partial charge on any atom is 0.341 e. The summed E-state index contributed by atoms with van der Waals surface area (Å²) in [4.78, 5) is 24.6. The van der Waals surface area contributed by atoms with Gasteiger partial charge in [-0.05, 0) is 23.6 Å². The monoisotopic (exact) mass is 335 g/mol. The lowest BCUT2D eigenvalue weighted by Crippen LogP contribution is -2.28. The summed E-state index contributed by atoms with van der Waals surface area (Å²) in [7, 11) is 2.79. The van der Waals surface area contributed by atoms with Crippen molar-refractivity contribution in [3.63, 3.8) is 0 Å². The number of benzene rings is 1. The van der Waals surface area contributed by atoms with E-state index in [2.05, 4.69) is 5.32 Å². The van der Waals surface area contributed by atoms with Crippen LogP contribution in [0.25, 0.3) is 0 Å². The Morgan fingerprint density at radius 2 is 2.04 bits per heavy atom. The highest BCUT2D eigenvalue weighted by molar-refractivity contribution is 7.09. The molecule has 1 aromatic heterocycles. The molecule has 0 saturated heterocycles. The lowest BCUT2D eigenvalue weighted by atomic mass is 10.2. The second-order valence-corrected chi connectivity index (χ2v) is 5.53. The number of esters is 1. The van der Waals surface area contributed by atoms with Gasteiger partial charge in [-0.15, -0.1) is 11.3 Å². The van der Waals surface area contributed by atoms with Gasteiger partial charge < -0.3 is 19.5 Å². The van der Waals surface area contributed by atoms with Crippen molar-refractivity contribution in [2.75, 3.05) is 20.8 Å². The molecular formula is C16H17NO5S. The van der Waals surface area contributed by atoms with Gasteiger partial charge in [-0.25, -0.2) is 4.79 Å². The maximum atomic E-state index is 11.8. The zero-order valence-electron chi connectivity index (χ0n) is 12.8. The van der Waals surface area contributed by atoms with Crippen LogP contribution in [0.2, 0.25) is 0 Å². The Morgan fingerprint density at radius 3 is 2.70 bits per heavy atom. The third-order valence-electron chi connectivity index (χ3n) is 2.99. The summed E-state index contributed by atoms with van der Waals surface area (Å²) in [5.74, 6) is -0.0622. The average molecular weight is 335 g/mol. The Balaban J connectivity index is 1.97. The Labute approximate surface area is 138 Å². The number of nitrogens with one attached hydrogen (secondary N) is 1. The Kier molecular flexibility index (Phi) is 5.99. The van der Waals surface area contributed by atoms with E-state index in [0.29, 0.717) is 12.3 Å². The van der Waals surface area contributed by atoms with Crippen molar-refractivity contribution in [3.05, 3.63) is 46.2 Å². The van der Waals surface area contributed by atoms with Gasteiger partial charge >= 0.3 is 5.97 Å². The second-order valence-electron chi connectivity index (χ2n) is 4.50. The van der Waals surface area contributed by atoms with E-state index < -0.39 is 5.97 Å². The van der Waals surface area contributed by atoms with E-state index in [-0.39, 0.29) is 23.8 Å². The third kappa shape index (κ3) is 4.72. The maximum absolute atomic E-state index is 11.8. The van der Waals surface area contributed by atoms with E-state index in [1.807, 2.05) is 17.5 Å². The van der Waals surface area contributed by atoms with Crippen LogP contribution in [0.15, 0.2) is 35.7 Å². The van der Waals surface area contributed by atoms with Crippen LogP contribution in [-0.4, -0.2) is 32.7 Å². The number of hydrogen-bond donors (Lipinski definition) is 1. The fourth-order valence-electron chi connectivity index (χ4n) is 1.82. The van der Waals surface area contributed by atoms with Crippen molar-refractivity contribution in [1.29, 1.82) is 0 Å². The van der Waals surface area contributed by atoms with Crippen LogP contribution in [0, 0.1) is 0 Å². The molecule has 0 aliphatic carbocycles. The van der Waals surface area contributed by atoms with E-state index in [9.17, 15) is 9.59 Å². The number of methoxy groups -OCH3 is 2. The number of carbonyl (C=O) groups is 2. The zero-order chi connectivity index (χ0) is 16.7. The molecule has 0 unspecified atom stereocenters. The minimum absolute atomic E-state index is 0.206. The van der Waals surface area contributed by atoms with Crippen molar-refractivity contribution in [1.82, 2.24) is 5.32 Å². The van der Waals surface area contributed by atoms with Crippen LogP contribution in [0.1, 0.15) is 15.2 Å². The molecule has 0 atom stereocenters. The van der Waals surface area contributed by atoms with Gasteiger partial charge in [-0.2, -0.15) is 0 Å². The molecule has 1 heterocycles. The molecule has 23 heavy (non-hydrogen) atoms. The number of thiophene rings is 1. The van der Waals surface area contributed by atoms with Gasteiger partial charge in [0, 0.05) is 10.9 Å².